The predicted molar refractivity (Wildman–Crippen MR) is 114 cm³/mol. The van der Waals surface area contributed by atoms with Crippen LogP contribution < -0.4 is 10.6 Å². The second kappa shape index (κ2) is 7.22. The van der Waals surface area contributed by atoms with Gasteiger partial charge in [0, 0.05) is 42.3 Å². The number of H-pyrrole nitrogens is 1. The lowest BCUT2D eigenvalue weighted by atomic mass is 10.1. The normalized spacial score (nSPS) is 14.3. The first-order valence-electron chi connectivity index (χ1n) is 9.90. The summed E-state index contributed by atoms with van der Waals surface area (Å²) in [6.45, 7) is 4.59. The molecule has 4 heterocycles. The van der Waals surface area contributed by atoms with E-state index >= 15 is 0 Å². The lowest BCUT2D eigenvalue weighted by molar-refractivity contribution is 0.0946. The van der Waals surface area contributed by atoms with Crippen molar-refractivity contribution in [3.05, 3.63) is 65.5 Å². The number of fused-ring (bicyclic) bond motifs is 2. The Labute approximate surface area is 173 Å². The summed E-state index contributed by atoms with van der Waals surface area (Å²) in [5.74, 6) is 0.656. The van der Waals surface area contributed by atoms with Gasteiger partial charge in [-0.25, -0.2) is 9.97 Å². The summed E-state index contributed by atoms with van der Waals surface area (Å²) < 4.78 is 0. The first-order chi connectivity index (χ1) is 14.6. The number of aromatic amines is 1. The fraction of sp³-hybridized carbons (Fsp3) is 0.227. The molecule has 1 aromatic carbocycles. The molecule has 3 aromatic heterocycles. The van der Waals surface area contributed by atoms with Crippen LogP contribution in [0, 0.1) is 6.92 Å². The van der Waals surface area contributed by atoms with Crippen LogP contribution in [0.4, 0.5) is 5.82 Å². The molecule has 0 saturated heterocycles. The van der Waals surface area contributed by atoms with Crippen LogP contribution in [0.15, 0.2) is 42.9 Å². The first-order valence-corrected chi connectivity index (χ1v) is 9.90. The van der Waals surface area contributed by atoms with Gasteiger partial charge in [-0.3, -0.25) is 14.8 Å². The van der Waals surface area contributed by atoms with E-state index in [1.54, 1.807) is 18.6 Å². The zero-order valence-electron chi connectivity index (χ0n) is 16.7. The smallest absolute Gasteiger partial charge is 0.253 e. The Morgan fingerprint density at radius 1 is 1.17 bits per heavy atom. The molecule has 1 aliphatic heterocycles. The number of carbonyl (C=O) groups excluding carboxylic acids is 1. The Morgan fingerprint density at radius 3 is 2.87 bits per heavy atom. The van der Waals surface area contributed by atoms with Gasteiger partial charge in [0.25, 0.3) is 5.91 Å². The fourth-order valence-corrected chi connectivity index (χ4v) is 3.77. The van der Waals surface area contributed by atoms with Crippen molar-refractivity contribution in [2.24, 2.45) is 0 Å². The molecule has 0 fully saturated rings. The quantitative estimate of drug-likeness (QED) is 0.486. The molecule has 1 amide bonds. The Kier molecular flexibility index (Phi) is 4.39. The highest BCUT2D eigenvalue weighted by molar-refractivity contribution is 5.99. The molecule has 3 N–H and O–H groups in total. The van der Waals surface area contributed by atoms with E-state index in [1.807, 2.05) is 38.1 Å². The average molecular weight is 399 g/mol. The molecule has 5 rings (SSSR count). The van der Waals surface area contributed by atoms with Gasteiger partial charge in [-0.1, -0.05) is 12.1 Å². The summed E-state index contributed by atoms with van der Waals surface area (Å²) in [5.41, 5.74) is 6.65. The Balaban J connectivity index is 1.57. The SMILES string of the molecule is Cc1nc2cccc(-c3cc4c([nH]3)CCNC4=O)c2nc1N[C@@H](C)c1cnccn1. The van der Waals surface area contributed by atoms with Gasteiger partial charge in [0.1, 0.15) is 11.3 Å². The molecule has 0 bridgehead atoms. The number of aromatic nitrogens is 5. The number of nitrogens with zero attached hydrogens (tertiary/aromatic N) is 4. The number of carbonyl (C=O) groups is 1. The molecule has 0 saturated carbocycles. The third kappa shape index (κ3) is 3.16. The largest absolute Gasteiger partial charge is 0.360 e. The minimum absolute atomic E-state index is 0.0407. The van der Waals surface area contributed by atoms with Crippen molar-refractivity contribution in [3.63, 3.8) is 0 Å². The summed E-state index contributed by atoms with van der Waals surface area (Å²) in [6.07, 6.45) is 5.86. The highest BCUT2D eigenvalue weighted by atomic mass is 16.1. The van der Waals surface area contributed by atoms with E-state index in [0.717, 1.165) is 45.8 Å². The third-order valence-corrected chi connectivity index (χ3v) is 5.34. The minimum Gasteiger partial charge on any atom is -0.360 e. The zero-order chi connectivity index (χ0) is 20.7. The van der Waals surface area contributed by atoms with E-state index in [1.165, 1.54) is 0 Å². The number of para-hydroxylation sites is 1. The summed E-state index contributed by atoms with van der Waals surface area (Å²) in [5, 5.41) is 6.29. The van der Waals surface area contributed by atoms with Crippen LogP contribution in [0.2, 0.25) is 0 Å². The molecule has 4 aromatic rings. The lowest BCUT2D eigenvalue weighted by Crippen LogP contribution is -2.31. The van der Waals surface area contributed by atoms with Gasteiger partial charge in [0.15, 0.2) is 0 Å². The van der Waals surface area contributed by atoms with Crippen molar-refractivity contribution in [1.29, 1.82) is 0 Å². The first kappa shape index (κ1) is 18.2. The van der Waals surface area contributed by atoms with Crippen LogP contribution in [0.25, 0.3) is 22.3 Å². The number of anilines is 1. The van der Waals surface area contributed by atoms with Crippen LogP contribution in [0.1, 0.15) is 40.4 Å². The van der Waals surface area contributed by atoms with E-state index in [-0.39, 0.29) is 11.9 Å². The molecule has 1 atom stereocenters. The minimum atomic E-state index is -0.0715. The Morgan fingerprint density at radius 2 is 2.07 bits per heavy atom. The summed E-state index contributed by atoms with van der Waals surface area (Å²) in [7, 11) is 0. The molecule has 0 aliphatic carbocycles. The van der Waals surface area contributed by atoms with Gasteiger partial charge >= 0.3 is 0 Å². The number of nitrogens with one attached hydrogen (secondary N) is 3. The van der Waals surface area contributed by atoms with E-state index in [4.69, 9.17) is 9.97 Å². The molecule has 8 heteroatoms. The van der Waals surface area contributed by atoms with Gasteiger partial charge < -0.3 is 15.6 Å². The van der Waals surface area contributed by atoms with Crippen LogP contribution in [-0.2, 0) is 6.42 Å². The number of hydrogen-bond donors (Lipinski definition) is 3. The molecule has 8 nitrogen and oxygen atoms in total. The molecular weight excluding hydrogens is 378 g/mol. The van der Waals surface area contributed by atoms with E-state index in [0.29, 0.717) is 17.9 Å². The van der Waals surface area contributed by atoms with Crippen molar-refractivity contribution in [2.45, 2.75) is 26.3 Å². The fourth-order valence-electron chi connectivity index (χ4n) is 3.77. The maximum Gasteiger partial charge on any atom is 0.253 e. The number of hydrogen-bond acceptors (Lipinski definition) is 6. The maximum atomic E-state index is 12.2. The number of benzene rings is 1. The highest BCUT2D eigenvalue weighted by Crippen LogP contribution is 2.30. The molecule has 30 heavy (non-hydrogen) atoms. The average Bonchev–Trinajstić information content (AvgIpc) is 3.20. The Bertz CT molecular complexity index is 1250. The zero-order valence-corrected chi connectivity index (χ0v) is 16.7. The summed E-state index contributed by atoms with van der Waals surface area (Å²) in [4.78, 5) is 33.7. The van der Waals surface area contributed by atoms with Crippen LogP contribution in [0.3, 0.4) is 0 Å². The van der Waals surface area contributed by atoms with Crippen LogP contribution >= 0.6 is 0 Å². The molecule has 0 spiro atoms. The van der Waals surface area contributed by atoms with Gasteiger partial charge in [0.05, 0.1) is 34.7 Å². The van der Waals surface area contributed by atoms with Gasteiger partial charge in [-0.05, 0) is 26.0 Å². The van der Waals surface area contributed by atoms with Crippen molar-refractivity contribution in [2.75, 3.05) is 11.9 Å². The topological polar surface area (TPSA) is 108 Å². The Hall–Kier alpha value is -3.81. The van der Waals surface area contributed by atoms with Gasteiger partial charge in [0.2, 0.25) is 0 Å². The molecule has 0 radical (unpaired) electrons. The monoisotopic (exact) mass is 399 g/mol. The second-order valence-electron chi connectivity index (χ2n) is 7.41. The number of amides is 1. The van der Waals surface area contributed by atoms with Crippen LogP contribution in [0.5, 0.6) is 0 Å². The van der Waals surface area contributed by atoms with E-state index in [2.05, 4.69) is 25.6 Å². The van der Waals surface area contributed by atoms with Crippen molar-refractivity contribution in [1.82, 2.24) is 30.2 Å². The third-order valence-electron chi connectivity index (χ3n) is 5.34. The second-order valence-corrected chi connectivity index (χ2v) is 7.41. The van der Waals surface area contributed by atoms with Crippen molar-refractivity contribution >= 4 is 22.8 Å². The van der Waals surface area contributed by atoms with Crippen molar-refractivity contribution in [3.8, 4) is 11.3 Å². The van der Waals surface area contributed by atoms with E-state index in [9.17, 15) is 4.79 Å². The molecule has 0 unspecified atom stereocenters. The summed E-state index contributed by atoms with van der Waals surface area (Å²) in [6, 6.07) is 7.73. The van der Waals surface area contributed by atoms with Crippen LogP contribution in [-0.4, -0.2) is 37.4 Å². The maximum absolute atomic E-state index is 12.2. The molecular formula is C22H21N7O. The number of aryl methyl sites for hydroxylation is 1. The highest BCUT2D eigenvalue weighted by Gasteiger charge is 2.21. The number of rotatable bonds is 4. The lowest BCUT2D eigenvalue weighted by Gasteiger charge is -2.16. The van der Waals surface area contributed by atoms with Crippen molar-refractivity contribution < 1.29 is 4.79 Å². The standard InChI is InChI=1S/C22H21N7O/c1-12(19-11-23-8-9-24-19)27-21-13(2)26-17-5-3-4-14(20(17)29-21)18-10-15-16(28-18)6-7-25-22(15)30/h3-5,8-12,28H,6-7H2,1-2H3,(H,25,30)(H,27,29)/t12-/m0/s1. The van der Waals surface area contributed by atoms with E-state index < -0.39 is 0 Å². The molecule has 150 valence electrons. The molecule has 1 aliphatic rings. The van der Waals surface area contributed by atoms with Gasteiger partial charge in [-0.2, -0.15) is 0 Å². The summed E-state index contributed by atoms with van der Waals surface area (Å²) >= 11 is 0. The van der Waals surface area contributed by atoms with Gasteiger partial charge in [-0.15, -0.1) is 0 Å². The predicted octanol–water partition coefficient (Wildman–Crippen LogP) is 3.18.